The molecule has 0 unspecified atom stereocenters. The van der Waals surface area contributed by atoms with Crippen LogP contribution in [0, 0.1) is 0 Å². The highest BCUT2D eigenvalue weighted by molar-refractivity contribution is 7.86. The number of hydrogen-bond acceptors (Lipinski definition) is 2. The van der Waals surface area contributed by atoms with Gasteiger partial charge in [0.25, 0.3) is 10.1 Å². The molecule has 0 saturated carbocycles. The number of benzene rings is 2. The van der Waals surface area contributed by atoms with Gasteiger partial charge in [0.2, 0.25) is 0 Å². The normalized spacial score (nSPS) is 11.9. The first-order valence-corrected chi connectivity index (χ1v) is 8.42. The van der Waals surface area contributed by atoms with E-state index in [1.165, 1.54) is 0 Å². The summed E-state index contributed by atoms with van der Waals surface area (Å²) in [7, 11) is -4.20. The van der Waals surface area contributed by atoms with Gasteiger partial charge in [-0.1, -0.05) is 44.9 Å². The Kier molecular flexibility index (Phi) is 4.45. The van der Waals surface area contributed by atoms with Crippen LogP contribution in [-0.4, -0.2) is 13.0 Å². The molecule has 3 nitrogen and oxygen atoms in total. The van der Waals surface area contributed by atoms with Crippen molar-refractivity contribution in [3.63, 3.8) is 0 Å². The van der Waals surface area contributed by atoms with Crippen LogP contribution in [-0.2, 0) is 23.0 Å². The Morgan fingerprint density at radius 2 is 1.60 bits per heavy atom. The van der Waals surface area contributed by atoms with Crippen molar-refractivity contribution in [3.8, 4) is 0 Å². The minimum Gasteiger partial charge on any atom is -0.282 e. The summed E-state index contributed by atoms with van der Waals surface area (Å²) >= 11 is 0. The van der Waals surface area contributed by atoms with Gasteiger partial charge in [-0.25, -0.2) is 0 Å². The third-order valence-electron chi connectivity index (χ3n) is 3.40. The molecular weight excluding hydrogens is 272 g/mol. The third kappa shape index (κ3) is 3.19. The van der Waals surface area contributed by atoms with Crippen molar-refractivity contribution >= 4 is 20.9 Å². The summed E-state index contributed by atoms with van der Waals surface area (Å²) in [5, 5.41) is 1.47. The Hall–Kier alpha value is -1.39. The molecule has 20 heavy (non-hydrogen) atoms. The predicted molar refractivity (Wildman–Crippen MR) is 81.8 cm³/mol. The van der Waals surface area contributed by atoms with Gasteiger partial charge in [0.1, 0.15) is 4.90 Å². The molecule has 0 aliphatic rings. The standard InChI is InChI=1S/C16H20O3S/c1-3-5-12-7-8-14-9-13(6-4-2)11-16(15(14)10-12)20(17,18)19/h7-11H,3-6H2,1-2H3,(H,17,18,19). The van der Waals surface area contributed by atoms with E-state index in [9.17, 15) is 13.0 Å². The van der Waals surface area contributed by atoms with Gasteiger partial charge >= 0.3 is 0 Å². The SMILES string of the molecule is CCCc1cc(S(=O)(=O)O)c2cc(CCC)ccc2c1. The lowest BCUT2D eigenvalue weighted by atomic mass is 10.0. The van der Waals surface area contributed by atoms with Gasteiger partial charge in [0, 0.05) is 5.39 Å². The first kappa shape index (κ1) is 15.0. The van der Waals surface area contributed by atoms with Crippen molar-refractivity contribution < 1.29 is 13.0 Å². The zero-order valence-electron chi connectivity index (χ0n) is 11.9. The Labute approximate surface area is 120 Å². The van der Waals surface area contributed by atoms with E-state index in [-0.39, 0.29) is 4.90 Å². The van der Waals surface area contributed by atoms with E-state index in [1.807, 2.05) is 31.2 Å². The van der Waals surface area contributed by atoms with Crippen molar-refractivity contribution in [2.75, 3.05) is 0 Å². The molecule has 0 fully saturated rings. The van der Waals surface area contributed by atoms with Crippen LogP contribution in [0.1, 0.15) is 37.8 Å². The molecule has 0 bridgehead atoms. The fourth-order valence-corrected chi connectivity index (χ4v) is 3.28. The maximum absolute atomic E-state index is 11.6. The zero-order valence-corrected chi connectivity index (χ0v) is 12.7. The van der Waals surface area contributed by atoms with Crippen molar-refractivity contribution in [3.05, 3.63) is 41.5 Å². The summed E-state index contributed by atoms with van der Waals surface area (Å²) in [6.07, 6.45) is 3.64. The minimum atomic E-state index is -4.20. The van der Waals surface area contributed by atoms with Gasteiger partial charge in [-0.2, -0.15) is 8.42 Å². The van der Waals surface area contributed by atoms with Crippen LogP contribution in [0.15, 0.2) is 35.2 Å². The average Bonchev–Trinajstić information content (AvgIpc) is 2.38. The monoisotopic (exact) mass is 292 g/mol. The first-order valence-electron chi connectivity index (χ1n) is 6.98. The zero-order chi connectivity index (χ0) is 14.8. The van der Waals surface area contributed by atoms with Gasteiger partial charge in [0.15, 0.2) is 0 Å². The maximum atomic E-state index is 11.6. The Bertz CT molecular complexity index is 718. The highest BCUT2D eigenvalue weighted by Crippen LogP contribution is 2.27. The summed E-state index contributed by atoms with van der Waals surface area (Å²) in [6, 6.07) is 9.43. The first-order chi connectivity index (χ1) is 9.45. The van der Waals surface area contributed by atoms with Gasteiger partial charge in [0.05, 0.1) is 0 Å². The second-order valence-corrected chi connectivity index (χ2v) is 6.51. The molecule has 0 aromatic heterocycles. The molecule has 1 N–H and O–H groups in total. The van der Waals surface area contributed by atoms with Gasteiger partial charge < -0.3 is 0 Å². The molecule has 0 saturated heterocycles. The highest BCUT2D eigenvalue weighted by Gasteiger charge is 2.15. The van der Waals surface area contributed by atoms with Crippen molar-refractivity contribution in [1.29, 1.82) is 0 Å². The number of hydrogen-bond donors (Lipinski definition) is 1. The Morgan fingerprint density at radius 1 is 0.950 bits per heavy atom. The van der Waals surface area contributed by atoms with Crippen LogP contribution in [0.5, 0.6) is 0 Å². The predicted octanol–water partition coefficient (Wildman–Crippen LogP) is 3.99. The quantitative estimate of drug-likeness (QED) is 0.848. The molecular formula is C16H20O3S. The fraction of sp³-hybridized carbons (Fsp3) is 0.375. The van der Waals surface area contributed by atoms with E-state index in [0.29, 0.717) is 5.39 Å². The molecule has 0 heterocycles. The molecule has 2 aromatic rings. The van der Waals surface area contributed by atoms with E-state index < -0.39 is 10.1 Å². The number of rotatable bonds is 5. The average molecular weight is 292 g/mol. The smallest absolute Gasteiger partial charge is 0.282 e. The van der Waals surface area contributed by atoms with E-state index in [2.05, 4.69) is 6.92 Å². The summed E-state index contributed by atoms with van der Waals surface area (Å²) in [6.45, 7) is 4.12. The molecule has 0 amide bonds. The summed E-state index contributed by atoms with van der Waals surface area (Å²) in [5.41, 5.74) is 2.03. The topological polar surface area (TPSA) is 54.4 Å². The van der Waals surface area contributed by atoms with E-state index in [4.69, 9.17) is 0 Å². The minimum absolute atomic E-state index is 0.0244. The molecule has 0 aliphatic carbocycles. The second-order valence-electron chi connectivity index (χ2n) is 5.12. The maximum Gasteiger partial charge on any atom is 0.295 e. The van der Waals surface area contributed by atoms with Crippen LogP contribution in [0.3, 0.4) is 0 Å². The molecule has 4 heteroatoms. The van der Waals surface area contributed by atoms with Crippen molar-refractivity contribution in [2.24, 2.45) is 0 Å². The Balaban J connectivity index is 2.71. The fourth-order valence-electron chi connectivity index (χ4n) is 2.52. The van der Waals surface area contributed by atoms with E-state index in [0.717, 1.165) is 42.2 Å². The molecule has 0 aliphatic heterocycles. The Morgan fingerprint density at radius 3 is 2.20 bits per heavy atom. The molecule has 0 spiro atoms. The van der Waals surface area contributed by atoms with Gasteiger partial charge in [-0.15, -0.1) is 0 Å². The summed E-state index contributed by atoms with van der Waals surface area (Å²) < 4.78 is 32.7. The van der Waals surface area contributed by atoms with Crippen LogP contribution in [0.2, 0.25) is 0 Å². The highest BCUT2D eigenvalue weighted by atomic mass is 32.2. The van der Waals surface area contributed by atoms with Gasteiger partial charge in [-0.05, 0) is 41.5 Å². The van der Waals surface area contributed by atoms with Crippen molar-refractivity contribution in [2.45, 2.75) is 44.4 Å². The third-order valence-corrected chi connectivity index (χ3v) is 4.29. The van der Waals surface area contributed by atoms with Gasteiger partial charge in [-0.3, -0.25) is 4.55 Å². The molecule has 0 atom stereocenters. The van der Waals surface area contributed by atoms with E-state index >= 15 is 0 Å². The number of fused-ring (bicyclic) bond motifs is 1. The van der Waals surface area contributed by atoms with Crippen LogP contribution >= 0.6 is 0 Å². The summed E-state index contributed by atoms with van der Waals surface area (Å²) in [5.74, 6) is 0. The van der Waals surface area contributed by atoms with Crippen LogP contribution in [0.25, 0.3) is 10.8 Å². The second kappa shape index (κ2) is 5.94. The van der Waals surface area contributed by atoms with Crippen LogP contribution < -0.4 is 0 Å². The number of aryl methyl sites for hydroxylation is 2. The van der Waals surface area contributed by atoms with Crippen molar-refractivity contribution in [1.82, 2.24) is 0 Å². The lowest BCUT2D eigenvalue weighted by Crippen LogP contribution is -2.01. The summed E-state index contributed by atoms with van der Waals surface area (Å²) in [4.78, 5) is 0.0244. The lowest BCUT2D eigenvalue weighted by molar-refractivity contribution is 0.484. The van der Waals surface area contributed by atoms with Crippen LogP contribution in [0.4, 0.5) is 0 Å². The molecule has 0 radical (unpaired) electrons. The largest absolute Gasteiger partial charge is 0.295 e. The lowest BCUT2D eigenvalue weighted by Gasteiger charge is -2.09. The molecule has 2 aromatic carbocycles. The van der Waals surface area contributed by atoms with E-state index in [1.54, 1.807) is 6.07 Å². The molecule has 2 rings (SSSR count). The molecule has 108 valence electrons.